The number of halogens is 2. The van der Waals surface area contributed by atoms with E-state index >= 15 is 0 Å². The van der Waals surface area contributed by atoms with Crippen molar-refractivity contribution in [1.29, 1.82) is 0 Å². The summed E-state index contributed by atoms with van der Waals surface area (Å²) in [5.41, 5.74) is 1.21. The first-order valence-electron chi connectivity index (χ1n) is 4.05. The lowest BCUT2D eigenvalue weighted by molar-refractivity contribution is 0.0600. The Labute approximate surface area is 92.6 Å². The van der Waals surface area contributed by atoms with Crippen LogP contribution in [0.15, 0.2) is 16.6 Å². The van der Waals surface area contributed by atoms with E-state index in [0.29, 0.717) is 21.1 Å². The van der Waals surface area contributed by atoms with Gasteiger partial charge in [0.1, 0.15) is 5.52 Å². The van der Waals surface area contributed by atoms with Gasteiger partial charge in [-0.3, -0.25) is 0 Å². The largest absolute Gasteiger partial charge is 0.465 e. The van der Waals surface area contributed by atoms with Crippen LogP contribution in [-0.4, -0.2) is 23.0 Å². The van der Waals surface area contributed by atoms with Crippen LogP contribution < -0.4 is 0 Å². The molecule has 0 fully saturated rings. The minimum Gasteiger partial charge on any atom is -0.465 e. The number of ether oxygens (including phenoxy) is 1. The van der Waals surface area contributed by atoms with E-state index < -0.39 is 12.0 Å². The number of carbonyl (C=O) groups is 1. The average Bonchev–Trinajstić information content (AvgIpc) is 2.59. The first-order chi connectivity index (χ1) is 7.13. The molecule has 78 valence electrons. The average molecular weight is 273 g/mol. The van der Waals surface area contributed by atoms with Gasteiger partial charge in [-0.15, -0.1) is 0 Å². The van der Waals surface area contributed by atoms with Crippen molar-refractivity contribution in [3.63, 3.8) is 0 Å². The first-order valence-corrected chi connectivity index (χ1v) is 4.85. The Balaban J connectivity index is 2.69. The van der Waals surface area contributed by atoms with Crippen LogP contribution in [-0.2, 0) is 4.74 Å². The van der Waals surface area contributed by atoms with Crippen LogP contribution in [0.5, 0.6) is 0 Å². The van der Waals surface area contributed by atoms with Crippen molar-refractivity contribution in [2.24, 2.45) is 0 Å². The highest BCUT2D eigenvalue weighted by Crippen LogP contribution is 2.26. The van der Waals surface area contributed by atoms with Crippen LogP contribution >= 0.6 is 15.9 Å². The third-order valence-electron chi connectivity index (χ3n) is 1.97. The first kappa shape index (κ1) is 10.1. The third kappa shape index (κ3) is 1.61. The van der Waals surface area contributed by atoms with Crippen LogP contribution in [0.25, 0.3) is 11.0 Å². The number of aromatic amines is 1. The summed E-state index contributed by atoms with van der Waals surface area (Å²) < 4.78 is 17.8. The highest BCUT2D eigenvalue weighted by Gasteiger charge is 2.15. The van der Waals surface area contributed by atoms with E-state index in [1.807, 2.05) is 0 Å². The van der Waals surface area contributed by atoms with Crippen molar-refractivity contribution in [3.8, 4) is 0 Å². The van der Waals surface area contributed by atoms with E-state index in [1.165, 1.54) is 13.2 Å². The second-order valence-electron chi connectivity index (χ2n) is 2.84. The number of esters is 1. The molecule has 0 aliphatic carbocycles. The molecule has 2 rings (SSSR count). The Kier molecular flexibility index (Phi) is 2.44. The molecule has 0 saturated carbocycles. The van der Waals surface area contributed by atoms with Crippen LogP contribution in [0.4, 0.5) is 4.39 Å². The number of fused-ring (bicyclic) bond motifs is 1. The third-order valence-corrected chi connectivity index (χ3v) is 2.77. The Morgan fingerprint density at radius 1 is 1.60 bits per heavy atom. The molecular weight excluding hydrogens is 267 g/mol. The second kappa shape index (κ2) is 3.62. The summed E-state index contributed by atoms with van der Waals surface area (Å²) in [4.78, 5) is 17.3. The van der Waals surface area contributed by atoms with Crippen molar-refractivity contribution >= 4 is 32.9 Å². The van der Waals surface area contributed by atoms with Crippen LogP contribution in [0.2, 0.25) is 0 Å². The zero-order chi connectivity index (χ0) is 11.0. The number of carbonyl (C=O) groups excluding carboxylic acids is 1. The monoisotopic (exact) mass is 272 g/mol. The lowest BCUT2D eigenvalue weighted by atomic mass is 10.2. The number of H-pyrrole nitrogens is 1. The zero-order valence-corrected chi connectivity index (χ0v) is 9.26. The number of aromatic nitrogens is 2. The SMILES string of the molecule is COC(=O)c1ccc2[nH]c(F)nc2c1Br. The maximum absolute atomic E-state index is 12.8. The van der Waals surface area contributed by atoms with Gasteiger partial charge in [-0.1, -0.05) is 0 Å². The summed E-state index contributed by atoms with van der Waals surface area (Å²) in [7, 11) is 1.28. The highest BCUT2D eigenvalue weighted by atomic mass is 79.9. The molecule has 0 aliphatic heterocycles. The van der Waals surface area contributed by atoms with E-state index in [2.05, 4.69) is 30.6 Å². The summed E-state index contributed by atoms with van der Waals surface area (Å²) in [6.07, 6.45) is -0.687. The minimum absolute atomic E-state index is 0.316. The summed E-state index contributed by atoms with van der Waals surface area (Å²) in [6, 6.07) is 3.11. The van der Waals surface area contributed by atoms with Gasteiger partial charge in [-0.25, -0.2) is 9.78 Å². The lowest BCUT2D eigenvalue weighted by Gasteiger charge is -2.01. The van der Waals surface area contributed by atoms with Crippen molar-refractivity contribution in [1.82, 2.24) is 9.97 Å². The molecule has 1 N–H and O–H groups in total. The molecule has 0 radical (unpaired) electrons. The molecular formula is C9H6BrFN2O2. The van der Waals surface area contributed by atoms with E-state index in [-0.39, 0.29) is 0 Å². The number of nitrogens with one attached hydrogen (secondary N) is 1. The normalized spacial score (nSPS) is 10.6. The van der Waals surface area contributed by atoms with Crippen molar-refractivity contribution in [3.05, 3.63) is 28.2 Å². The number of rotatable bonds is 1. The number of hydrogen-bond donors (Lipinski definition) is 1. The van der Waals surface area contributed by atoms with Gasteiger partial charge in [-0.2, -0.15) is 4.39 Å². The maximum atomic E-state index is 12.8. The molecule has 2 aromatic rings. The number of benzene rings is 1. The summed E-state index contributed by atoms with van der Waals surface area (Å²) >= 11 is 3.19. The number of hydrogen-bond acceptors (Lipinski definition) is 3. The molecule has 15 heavy (non-hydrogen) atoms. The van der Waals surface area contributed by atoms with Crippen molar-refractivity contribution < 1.29 is 13.9 Å². The van der Waals surface area contributed by atoms with Gasteiger partial charge in [0, 0.05) is 0 Å². The van der Waals surface area contributed by atoms with Gasteiger partial charge in [0.25, 0.3) is 6.08 Å². The van der Waals surface area contributed by atoms with Gasteiger partial charge < -0.3 is 9.72 Å². The summed E-state index contributed by atoms with van der Waals surface area (Å²) in [6.45, 7) is 0. The molecule has 0 spiro atoms. The topological polar surface area (TPSA) is 55.0 Å². The molecule has 6 heteroatoms. The van der Waals surface area contributed by atoms with Gasteiger partial charge >= 0.3 is 5.97 Å². The number of nitrogens with zero attached hydrogens (tertiary/aromatic N) is 1. The van der Waals surface area contributed by atoms with E-state index in [0.717, 1.165) is 0 Å². The number of methoxy groups -OCH3 is 1. The Bertz CT molecular complexity index is 538. The van der Waals surface area contributed by atoms with Gasteiger partial charge in [0.05, 0.1) is 22.7 Å². The Morgan fingerprint density at radius 2 is 2.33 bits per heavy atom. The molecule has 0 unspecified atom stereocenters. The Morgan fingerprint density at radius 3 is 3.00 bits per heavy atom. The molecule has 4 nitrogen and oxygen atoms in total. The molecule has 0 saturated heterocycles. The van der Waals surface area contributed by atoms with Gasteiger partial charge in [0.2, 0.25) is 0 Å². The minimum atomic E-state index is -0.687. The van der Waals surface area contributed by atoms with E-state index in [9.17, 15) is 9.18 Å². The van der Waals surface area contributed by atoms with Gasteiger partial charge in [-0.05, 0) is 28.1 Å². The molecule has 0 bridgehead atoms. The highest BCUT2D eigenvalue weighted by molar-refractivity contribution is 9.10. The van der Waals surface area contributed by atoms with Crippen molar-refractivity contribution in [2.75, 3.05) is 7.11 Å². The van der Waals surface area contributed by atoms with Crippen LogP contribution in [0, 0.1) is 6.08 Å². The van der Waals surface area contributed by atoms with E-state index in [4.69, 9.17) is 0 Å². The predicted molar refractivity (Wildman–Crippen MR) is 55.1 cm³/mol. The number of imidazole rings is 1. The summed E-state index contributed by atoms with van der Waals surface area (Å²) in [5, 5.41) is 0. The zero-order valence-electron chi connectivity index (χ0n) is 7.67. The second-order valence-corrected chi connectivity index (χ2v) is 3.64. The maximum Gasteiger partial charge on any atom is 0.339 e. The quantitative estimate of drug-likeness (QED) is 0.811. The fourth-order valence-corrected chi connectivity index (χ4v) is 1.88. The molecule has 1 aromatic carbocycles. The fraction of sp³-hybridized carbons (Fsp3) is 0.111. The molecule has 0 aliphatic rings. The van der Waals surface area contributed by atoms with Crippen LogP contribution in [0.1, 0.15) is 10.4 Å². The molecule has 1 aromatic heterocycles. The van der Waals surface area contributed by atoms with Crippen LogP contribution in [0.3, 0.4) is 0 Å². The molecule has 0 atom stereocenters. The van der Waals surface area contributed by atoms with E-state index in [1.54, 1.807) is 6.07 Å². The molecule has 0 amide bonds. The van der Waals surface area contributed by atoms with Gasteiger partial charge in [0.15, 0.2) is 0 Å². The lowest BCUT2D eigenvalue weighted by Crippen LogP contribution is -2.02. The smallest absolute Gasteiger partial charge is 0.339 e. The fourth-order valence-electron chi connectivity index (χ4n) is 1.28. The Hall–Kier alpha value is -1.43. The standard InChI is InChI=1S/C9H6BrFN2O2/c1-15-8(14)4-2-3-5-7(6(4)10)13-9(11)12-5/h2-3H,1H3,(H,12,13). The molecule has 1 heterocycles. The predicted octanol–water partition coefficient (Wildman–Crippen LogP) is 2.25. The summed E-state index contributed by atoms with van der Waals surface area (Å²) in [5.74, 6) is -0.493. The van der Waals surface area contributed by atoms with Crippen molar-refractivity contribution in [2.45, 2.75) is 0 Å².